The fourth-order valence-electron chi connectivity index (χ4n) is 3.02. The van der Waals surface area contributed by atoms with Crippen LogP contribution in [0.4, 0.5) is 5.69 Å². The molecule has 0 saturated carbocycles. The molecule has 0 radical (unpaired) electrons. The van der Waals surface area contributed by atoms with Gasteiger partial charge in [0.1, 0.15) is 11.8 Å². The maximum atomic E-state index is 12.9. The van der Waals surface area contributed by atoms with Crippen molar-refractivity contribution >= 4 is 23.2 Å². The summed E-state index contributed by atoms with van der Waals surface area (Å²) < 4.78 is 10.8. The first-order valence-electron chi connectivity index (χ1n) is 8.71. The number of methoxy groups -OCH3 is 1. The van der Waals surface area contributed by atoms with Crippen molar-refractivity contribution in [3.63, 3.8) is 0 Å². The summed E-state index contributed by atoms with van der Waals surface area (Å²) in [6.45, 7) is 1.43. The third kappa shape index (κ3) is 4.75. The van der Waals surface area contributed by atoms with Crippen LogP contribution in [0.2, 0.25) is 5.02 Å². The van der Waals surface area contributed by atoms with Gasteiger partial charge in [0, 0.05) is 18.8 Å². The Morgan fingerprint density at radius 1 is 1.31 bits per heavy atom. The molecule has 1 aliphatic heterocycles. The first-order chi connectivity index (χ1) is 12.7. The molecular formula is C20H23ClN2O3. The molecular weight excluding hydrogens is 352 g/mol. The van der Waals surface area contributed by atoms with Gasteiger partial charge in [-0.1, -0.05) is 41.9 Å². The third-order valence-electron chi connectivity index (χ3n) is 4.39. The normalized spacial score (nSPS) is 17.7. The summed E-state index contributed by atoms with van der Waals surface area (Å²) in [5, 5.41) is 6.72. The number of hydrogen-bond acceptors (Lipinski definition) is 4. The number of halogens is 1. The zero-order chi connectivity index (χ0) is 18.4. The molecule has 3 rings (SSSR count). The van der Waals surface area contributed by atoms with Crippen LogP contribution in [-0.2, 0) is 9.53 Å². The van der Waals surface area contributed by atoms with Crippen molar-refractivity contribution < 1.29 is 14.3 Å². The molecule has 0 aromatic heterocycles. The third-order valence-corrected chi connectivity index (χ3v) is 4.68. The van der Waals surface area contributed by atoms with E-state index in [1.807, 2.05) is 30.3 Å². The number of nitrogens with one attached hydrogen (secondary N) is 2. The Morgan fingerprint density at radius 2 is 2.12 bits per heavy atom. The maximum Gasteiger partial charge on any atom is 0.246 e. The highest BCUT2D eigenvalue weighted by molar-refractivity contribution is 6.32. The second-order valence-corrected chi connectivity index (χ2v) is 6.63. The fraction of sp³-hybridized carbons (Fsp3) is 0.350. The van der Waals surface area contributed by atoms with Crippen LogP contribution in [0.5, 0.6) is 5.75 Å². The Hall–Kier alpha value is -2.08. The molecule has 0 spiro atoms. The zero-order valence-corrected chi connectivity index (χ0v) is 15.5. The molecule has 2 aromatic rings. The molecule has 6 heteroatoms. The predicted molar refractivity (Wildman–Crippen MR) is 103 cm³/mol. The summed E-state index contributed by atoms with van der Waals surface area (Å²) in [6, 6.07) is 14.4. The Morgan fingerprint density at radius 3 is 2.77 bits per heavy atom. The molecule has 2 N–H and O–H groups in total. The molecule has 2 aromatic carbocycles. The Labute approximate surface area is 158 Å². The molecule has 5 nitrogen and oxygen atoms in total. The van der Waals surface area contributed by atoms with Crippen LogP contribution in [0.25, 0.3) is 0 Å². The molecule has 2 unspecified atom stereocenters. The predicted octanol–water partition coefficient (Wildman–Crippen LogP) is 3.80. The minimum atomic E-state index is -0.471. The van der Waals surface area contributed by atoms with Crippen molar-refractivity contribution in [2.75, 3.05) is 25.6 Å². The van der Waals surface area contributed by atoms with Crippen LogP contribution in [0.1, 0.15) is 24.4 Å². The van der Waals surface area contributed by atoms with Gasteiger partial charge in [-0.05, 0) is 36.6 Å². The number of carbonyl (C=O) groups excluding carboxylic acids is 1. The van der Waals surface area contributed by atoms with Gasteiger partial charge in [0.2, 0.25) is 5.91 Å². The lowest BCUT2D eigenvalue weighted by molar-refractivity contribution is -0.118. The van der Waals surface area contributed by atoms with Crippen LogP contribution in [0.15, 0.2) is 48.5 Å². The molecule has 138 valence electrons. The molecule has 2 atom stereocenters. The van der Waals surface area contributed by atoms with E-state index in [2.05, 4.69) is 10.6 Å². The maximum absolute atomic E-state index is 12.9. The second kappa shape index (κ2) is 9.03. The van der Waals surface area contributed by atoms with Gasteiger partial charge in [-0.15, -0.1) is 0 Å². The van der Waals surface area contributed by atoms with E-state index in [9.17, 15) is 4.79 Å². The van der Waals surface area contributed by atoms with E-state index in [4.69, 9.17) is 21.1 Å². The summed E-state index contributed by atoms with van der Waals surface area (Å²) in [5.41, 5.74) is 1.53. The van der Waals surface area contributed by atoms with Gasteiger partial charge in [0.15, 0.2) is 0 Å². The van der Waals surface area contributed by atoms with Crippen LogP contribution < -0.4 is 15.4 Å². The van der Waals surface area contributed by atoms with Crippen molar-refractivity contribution in [2.45, 2.75) is 25.0 Å². The molecule has 1 heterocycles. The number of hydrogen-bond donors (Lipinski definition) is 2. The van der Waals surface area contributed by atoms with Gasteiger partial charge in [0.25, 0.3) is 0 Å². The Kier molecular flexibility index (Phi) is 6.50. The van der Waals surface area contributed by atoms with Crippen molar-refractivity contribution in [3.8, 4) is 5.75 Å². The number of ether oxygens (including phenoxy) is 2. The van der Waals surface area contributed by atoms with E-state index in [-0.39, 0.29) is 12.0 Å². The highest BCUT2D eigenvalue weighted by Gasteiger charge is 2.23. The fourth-order valence-corrected chi connectivity index (χ4v) is 3.28. The lowest BCUT2D eigenvalue weighted by atomic mass is 10.1. The van der Waals surface area contributed by atoms with E-state index >= 15 is 0 Å². The van der Waals surface area contributed by atoms with E-state index in [1.54, 1.807) is 25.3 Å². The summed E-state index contributed by atoms with van der Waals surface area (Å²) >= 11 is 6.15. The molecule has 1 saturated heterocycles. The van der Waals surface area contributed by atoms with E-state index in [1.165, 1.54) is 0 Å². The molecule has 1 amide bonds. The first-order valence-corrected chi connectivity index (χ1v) is 9.09. The van der Waals surface area contributed by atoms with Crippen molar-refractivity contribution in [2.24, 2.45) is 0 Å². The molecule has 1 aliphatic rings. The number of benzene rings is 2. The lowest BCUT2D eigenvalue weighted by Gasteiger charge is -2.21. The van der Waals surface area contributed by atoms with Crippen molar-refractivity contribution in [1.29, 1.82) is 0 Å². The molecule has 1 fully saturated rings. The monoisotopic (exact) mass is 374 g/mol. The topological polar surface area (TPSA) is 59.6 Å². The minimum absolute atomic E-state index is 0.143. The smallest absolute Gasteiger partial charge is 0.246 e. The number of anilines is 1. The molecule has 26 heavy (non-hydrogen) atoms. The van der Waals surface area contributed by atoms with Gasteiger partial charge < -0.3 is 14.8 Å². The second-order valence-electron chi connectivity index (χ2n) is 6.23. The van der Waals surface area contributed by atoms with Crippen LogP contribution in [-0.4, -0.2) is 32.3 Å². The number of carbonyl (C=O) groups is 1. The summed E-state index contributed by atoms with van der Waals surface area (Å²) in [4.78, 5) is 12.9. The summed E-state index contributed by atoms with van der Waals surface area (Å²) in [7, 11) is 1.56. The van der Waals surface area contributed by atoms with E-state index < -0.39 is 6.04 Å². The number of rotatable bonds is 7. The standard InChI is InChI=1S/C20H23ClN2O3/c1-25-18-10-9-15(12-17(18)21)23-20(24)19(14-6-3-2-4-7-14)22-13-16-8-5-11-26-16/h2-4,6-7,9-10,12,16,19,22H,5,8,11,13H2,1H3,(H,23,24). The van der Waals surface area contributed by atoms with Crippen molar-refractivity contribution in [1.82, 2.24) is 5.32 Å². The van der Waals surface area contributed by atoms with Crippen LogP contribution in [0, 0.1) is 0 Å². The van der Waals surface area contributed by atoms with Gasteiger partial charge >= 0.3 is 0 Å². The van der Waals surface area contributed by atoms with Crippen LogP contribution in [0.3, 0.4) is 0 Å². The molecule has 0 aliphatic carbocycles. The van der Waals surface area contributed by atoms with Gasteiger partial charge in [0.05, 0.1) is 18.2 Å². The first kappa shape index (κ1) is 18.7. The number of amides is 1. The van der Waals surface area contributed by atoms with E-state index in [0.717, 1.165) is 25.0 Å². The Balaban J connectivity index is 1.72. The largest absolute Gasteiger partial charge is 0.495 e. The molecule has 0 bridgehead atoms. The SMILES string of the molecule is COc1ccc(NC(=O)C(NCC2CCCO2)c2ccccc2)cc1Cl. The summed E-state index contributed by atoms with van der Waals surface area (Å²) in [5.74, 6) is 0.427. The van der Waals surface area contributed by atoms with Crippen LogP contribution >= 0.6 is 11.6 Å². The van der Waals surface area contributed by atoms with E-state index in [0.29, 0.717) is 23.0 Å². The zero-order valence-electron chi connectivity index (χ0n) is 14.7. The quantitative estimate of drug-likeness (QED) is 0.774. The average molecular weight is 375 g/mol. The lowest BCUT2D eigenvalue weighted by Crippen LogP contribution is -2.37. The summed E-state index contributed by atoms with van der Waals surface area (Å²) in [6.07, 6.45) is 2.24. The van der Waals surface area contributed by atoms with Gasteiger partial charge in [-0.2, -0.15) is 0 Å². The average Bonchev–Trinajstić information content (AvgIpc) is 3.16. The Bertz CT molecular complexity index is 733. The minimum Gasteiger partial charge on any atom is -0.495 e. The van der Waals surface area contributed by atoms with Gasteiger partial charge in [-0.3, -0.25) is 10.1 Å². The highest BCUT2D eigenvalue weighted by Crippen LogP contribution is 2.28. The van der Waals surface area contributed by atoms with Gasteiger partial charge in [-0.25, -0.2) is 0 Å². The highest BCUT2D eigenvalue weighted by atomic mass is 35.5. The van der Waals surface area contributed by atoms with Crippen molar-refractivity contribution in [3.05, 3.63) is 59.1 Å².